The number of aldehydes is 1. The molecule has 3 rings (SSSR count). The summed E-state index contributed by atoms with van der Waals surface area (Å²) in [6, 6.07) is 6.99. The summed E-state index contributed by atoms with van der Waals surface area (Å²) in [7, 11) is 0. The Morgan fingerprint density at radius 1 is 1.37 bits per heavy atom. The molecule has 2 N–H and O–H groups in total. The van der Waals surface area contributed by atoms with Gasteiger partial charge in [0.1, 0.15) is 23.5 Å². The second-order valence-corrected chi connectivity index (χ2v) is 6.50. The van der Waals surface area contributed by atoms with Gasteiger partial charge in [-0.05, 0) is 45.8 Å². The van der Waals surface area contributed by atoms with Crippen molar-refractivity contribution in [2.75, 3.05) is 5.32 Å². The van der Waals surface area contributed by atoms with Gasteiger partial charge in [-0.25, -0.2) is 14.2 Å². The second-order valence-electron chi connectivity index (χ2n) is 5.64. The van der Waals surface area contributed by atoms with Gasteiger partial charge >= 0.3 is 5.97 Å². The first-order valence-corrected chi connectivity index (χ1v) is 8.49. The number of nitrogens with one attached hydrogen (secondary N) is 1. The number of aliphatic hydroxyl groups excluding tert-OH is 1. The van der Waals surface area contributed by atoms with Gasteiger partial charge in [-0.2, -0.15) is 0 Å². The summed E-state index contributed by atoms with van der Waals surface area (Å²) in [5.41, 5.74) is 0.114. The number of rotatable bonds is 4. The lowest BCUT2D eigenvalue weighted by molar-refractivity contribution is -0.148. The van der Waals surface area contributed by atoms with E-state index in [1.165, 1.54) is 30.5 Å². The summed E-state index contributed by atoms with van der Waals surface area (Å²) < 4.78 is 19.1. The Morgan fingerprint density at radius 3 is 2.74 bits per heavy atom. The molecule has 0 saturated heterocycles. The van der Waals surface area contributed by atoms with Crippen molar-refractivity contribution >= 4 is 39.9 Å². The molecule has 27 heavy (non-hydrogen) atoms. The molecule has 0 radical (unpaired) electrons. The van der Waals surface area contributed by atoms with Crippen molar-refractivity contribution in [2.45, 2.75) is 12.5 Å². The van der Waals surface area contributed by atoms with Gasteiger partial charge in [0.15, 0.2) is 11.9 Å². The van der Waals surface area contributed by atoms with Gasteiger partial charge in [-0.3, -0.25) is 9.59 Å². The molecule has 138 valence electrons. The highest BCUT2D eigenvalue weighted by Gasteiger charge is 2.34. The fraction of sp³-hybridized carbons (Fsp3) is 0.111. The van der Waals surface area contributed by atoms with Gasteiger partial charge in [0.25, 0.3) is 5.91 Å². The van der Waals surface area contributed by atoms with E-state index in [1.807, 2.05) is 0 Å². The predicted octanol–water partition coefficient (Wildman–Crippen LogP) is 3.23. The number of hydrogen-bond donors (Lipinski definition) is 2. The summed E-state index contributed by atoms with van der Waals surface area (Å²) in [5.74, 6) is -2.85. The average molecular weight is 435 g/mol. The van der Waals surface area contributed by atoms with E-state index in [9.17, 15) is 23.9 Å². The molecule has 1 atom stereocenters. The van der Waals surface area contributed by atoms with E-state index < -0.39 is 35.1 Å². The highest BCUT2D eigenvalue weighted by molar-refractivity contribution is 9.10. The molecule has 7 nitrogen and oxygen atoms in total. The van der Waals surface area contributed by atoms with Crippen LogP contribution < -0.4 is 5.32 Å². The van der Waals surface area contributed by atoms with Crippen LogP contribution >= 0.6 is 15.9 Å². The summed E-state index contributed by atoms with van der Waals surface area (Å²) in [6.07, 6.45) is 0.749. The molecule has 1 aliphatic rings. The van der Waals surface area contributed by atoms with Gasteiger partial charge in [-0.1, -0.05) is 6.07 Å². The van der Waals surface area contributed by atoms with Crippen LogP contribution in [0.5, 0.6) is 0 Å². The molecule has 0 spiro atoms. The monoisotopic (exact) mass is 434 g/mol. The summed E-state index contributed by atoms with van der Waals surface area (Å²) in [4.78, 5) is 38.9. The molecular formula is C18H12BrFN2O5. The number of nitrogens with zero attached hydrogens (tertiary/aromatic N) is 1. The standard InChI is InChI=1S/C18H12BrFN2O5/c19-11-3-2-10(5-12(11)20)14-6-13(24)16(18(26)27-14)17(25)22-15-4-1-9(8-23)7-21-15/h1-5,7-8,14,24H,6H2,(H,21,22,25)/t14-/m1/s1. The van der Waals surface area contributed by atoms with E-state index in [0.29, 0.717) is 17.4 Å². The van der Waals surface area contributed by atoms with E-state index in [1.54, 1.807) is 6.07 Å². The zero-order valence-electron chi connectivity index (χ0n) is 13.6. The molecule has 1 aromatic carbocycles. The summed E-state index contributed by atoms with van der Waals surface area (Å²) in [5, 5.41) is 12.5. The Balaban J connectivity index is 1.79. The maximum absolute atomic E-state index is 13.7. The van der Waals surface area contributed by atoms with E-state index in [2.05, 4.69) is 26.2 Å². The van der Waals surface area contributed by atoms with Gasteiger partial charge < -0.3 is 15.2 Å². The van der Waals surface area contributed by atoms with E-state index in [0.717, 1.165) is 0 Å². The Bertz CT molecular complexity index is 959. The second kappa shape index (κ2) is 7.67. The first kappa shape index (κ1) is 18.7. The van der Waals surface area contributed by atoms with Gasteiger partial charge in [0.2, 0.25) is 0 Å². The van der Waals surface area contributed by atoms with E-state index in [-0.39, 0.29) is 16.7 Å². The number of esters is 1. The first-order valence-electron chi connectivity index (χ1n) is 7.69. The van der Waals surface area contributed by atoms with Crippen molar-refractivity contribution in [1.29, 1.82) is 0 Å². The molecule has 0 fully saturated rings. The van der Waals surface area contributed by atoms with Crippen molar-refractivity contribution in [3.63, 3.8) is 0 Å². The topological polar surface area (TPSA) is 106 Å². The van der Waals surface area contributed by atoms with Crippen molar-refractivity contribution in [2.24, 2.45) is 0 Å². The molecule has 1 aromatic heterocycles. The van der Waals surface area contributed by atoms with Crippen LogP contribution in [0.25, 0.3) is 0 Å². The van der Waals surface area contributed by atoms with Gasteiger partial charge in [0, 0.05) is 18.2 Å². The largest absolute Gasteiger partial charge is 0.511 e. The predicted molar refractivity (Wildman–Crippen MR) is 95.5 cm³/mol. The lowest BCUT2D eigenvalue weighted by atomic mass is 10.00. The number of benzene rings is 1. The fourth-order valence-corrected chi connectivity index (χ4v) is 2.72. The van der Waals surface area contributed by atoms with Crippen LogP contribution in [0.2, 0.25) is 0 Å². The number of cyclic esters (lactones) is 1. The third-order valence-corrected chi connectivity index (χ3v) is 4.47. The average Bonchev–Trinajstić information content (AvgIpc) is 2.64. The number of aromatic nitrogens is 1. The number of hydrogen-bond acceptors (Lipinski definition) is 6. The Hall–Kier alpha value is -3.07. The molecule has 1 amide bonds. The maximum Gasteiger partial charge on any atom is 0.347 e. The molecule has 0 aliphatic carbocycles. The van der Waals surface area contributed by atoms with E-state index in [4.69, 9.17) is 4.74 Å². The van der Waals surface area contributed by atoms with Crippen molar-refractivity contribution in [1.82, 2.24) is 4.98 Å². The van der Waals surface area contributed by atoms with E-state index >= 15 is 0 Å². The van der Waals surface area contributed by atoms with Gasteiger partial charge in [-0.15, -0.1) is 0 Å². The van der Waals surface area contributed by atoms with Gasteiger partial charge in [0.05, 0.1) is 4.47 Å². The minimum absolute atomic E-state index is 0.0933. The number of halogens is 2. The van der Waals surface area contributed by atoms with Crippen LogP contribution in [0.4, 0.5) is 10.2 Å². The Morgan fingerprint density at radius 2 is 2.15 bits per heavy atom. The molecular weight excluding hydrogens is 423 g/mol. The normalized spacial score (nSPS) is 16.7. The molecule has 2 heterocycles. The maximum atomic E-state index is 13.7. The molecule has 0 unspecified atom stereocenters. The van der Waals surface area contributed by atoms with Crippen LogP contribution in [0.1, 0.15) is 28.4 Å². The quantitative estimate of drug-likeness (QED) is 0.434. The lowest BCUT2D eigenvalue weighted by Gasteiger charge is -2.24. The minimum Gasteiger partial charge on any atom is -0.511 e. The number of aliphatic hydroxyl groups is 1. The third-order valence-electron chi connectivity index (χ3n) is 3.83. The number of pyridine rings is 1. The molecule has 9 heteroatoms. The zero-order valence-corrected chi connectivity index (χ0v) is 15.2. The van der Waals surface area contributed by atoms with Crippen LogP contribution in [0, 0.1) is 5.82 Å². The molecule has 0 saturated carbocycles. The van der Waals surface area contributed by atoms with Crippen LogP contribution in [-0.4, -0.2) is 28.3 Å². The van der Waals surface area contributed by atoms with Crippen LogP contribution in [0.15, 0.2) is 52.3 Å². The lowest BCUT2D eigenvalue weighted by Crippen LogP contribution is -2.29. The smallest absolute Gasteiger partial charge is 0.347 e. The highest BCUT2D eigenvalue weighted by Crippen LogP contribution is 2.33. The first-order chi connectivity index (χ1) is 12.9. The Kier molecular flexibility index (Phi) is 5.31. The number of ether oxygens (including phenoxy) is 1. The zero-order chi connectivity index (χ0) is 19.6. The highest BCUT2D eigenvalue weighted by atomic mass is 79.9. The number of carbonyl (C=O) groups excluding carboxylic acids is 3. The third kappa shape index (κ3) is 4.03. The van der Waals surface area contributed by atoms with Crippen LogP contribution in [0.3, 0.4) is 0 Å². The van der Waals surface area contributed by atoms with Crippen molar-refractivity contribution in [3.8, 4) is 0 Å². The SMILES string of the molecule is O=Cc1ccc(NC(=O)C2=C(O)C[C@H](c3ccc(Br)c(F)c3)OC2=O)nc1. The number of amides is 1. The molecule has 1 aliphatic heterocycles. The summed E-state index contributed by atoms with van der Waals surface area (Å²) >= 11 is 3.03. The molecule has 0 bridgehead atoms. The Labute approximate surface area is 161 Å². The van der Waals surface area contributed by atoms with Crippen molar-refractivity contribution < 1.29 is 28.6 Å². The fourth-order valence-electron chi connectivity index (χ4n) is 2.48. The molecule has 2 aromatic rings. The van der Waals surface area contributed by atoms with Crippen molar-refractivity contribution in [3.05, 3.63) is 69.3 Å². The number of anilines is 1. The minimum atomic E-state index is -1.03. The number of carbonyl (C=O) groups is 3. The summed E-state index contributed by atoms with van der Waals surface area (Å²) in [6.45, 7) is 0. The van der Waals surface area contributed by atoms with Crippen LogP contribution in [-0.2, 0) is 14.3 Å².